The average molecular weight is 604 g/mol. The molecule has 1 aromatic carbocycles. The Morgan fingerprint density at radius 3 is 2.51 bits per heavy atom. The van der Waals surface area contributed by atoms with Crippen LogP contribution in [0.5, 0.6) is 5.75 Å². The third-order valence-corrected chi connectivity index (χ3v) is 8.19. The smallest absolute Gasteiger partial charge is 0.337 e. The number of nitrogens with zero attached hydrogens (tertiary/aromatic N) is 1. The number of esters is 2. The summed E-state index contributed by atoms with van der Waals surface area (Å²) >= 11 is 0. The monoisotopic (exact) mass is 603 g/mol. The minimum Gasteiger partial charge on any atom is -0.484 e. The number of hydrogen-bond acceptors (Lipinski definition) is 10. The van der Waals surface area contributed by atoms with Crippen LogP contribution in [0.4, 0.5) is 0 Å². The van der Waals surface area contributed by atoms with Crippen molar-refractivity contribution in [3.63, 3.8) is 0 Å². The van der Waals surface area contributed by atoms with Gasteiger partial charge in [0.25, 0.3) is 5.91 Å². The number of aliphatic hydroxyl groups is 1. The molecule has 238 valence electrons. The van der Waals surface area contributed by atoms with Gasteiger partial charge in [-0.1, -0.05) is 50.3 Å². The molecule has 12 nitrogen and oxygen atoms in total. The molecule has 12 heteroatoms. The number of para-hydroxylation sites is 1. The number of carbonyl (C=O) groups excluding carboxylic acids is 4. The number of nitrogens with one attached hydrogen (secondary N) is 2. The molecule has 3 aliphatic rings. The maximum Gasteiger partial charge on any atom is 0.337 e. The standard InChI is InChI=1S/C31H45N3O9/c35-27(21-41-23-10-5-2-6-11-23)32-26-20-42-28(36)13-7-12-24(19-34-14-16-40-17-15-34)43-31(39)29(37)25(33-30(26)38)18-22-8-3-1-4-9-22/h2,5-6,10-11,22,24-26,29,37H,1,3-4,7-9,12-21H2,(H,32,35)(H,33,38)/t24-,25+,26+,29-/m1/s1. The second-order valence-corrected chi connectivity index (χ2v) is 11.6. The van der Waals surface area contributed by atoms with Gasteiger partial charge in [-0.05, 0) is 37.3 Å². The average Bonchev–Trinajstić information content (AvgIpc) is 3.02. The van der Waals surface area contributed by atoms with Gasteiger partial charge < -0.3 is 34.7 Å². The lowest BCUT2D eigenvalue weighted by Crippen LogP contribution is -2.57. The Kier molecular flexibility index (Phi) is 13.1. The first-order valence-corrected chi connectivity index (χ1v) is 15.5. The summed E-state index contributed by atoms with van der Waals surface area (Å²) in [6.45, 7) is 2.27. The van der Waals surface area contributed by atoms with Gasteiger partial charge in [-0.3, -0.25) is 19.3 Å². The van der Waals surface area contributed by atoms with Crippen molar-refractivity contribution in [1.29, 1.82) is 0 Å². The first kappa shape index (κ1) is 32.7. The number of hydrogen-bond donors (Lipinski definition) is 3. The molecule has 2 saturated heterocycles. The number of benzene rings is 1. The molecule has 0 aromatic heterocycles. The van der Waals surface area contributed by atoms with Crippen LogP contribution in [-0.2, 0) is 33.4 Å². The number of amides is 2. The van der Waals surface area contributed by atoms with Gasteiger partial charge in [-0.25, -0.2) is 4.79 Å². The predicted molar refractivity (Wildman–Crippen MR) is 155 cm³/mol. The molecule has 1 saturated carbocycles. The molecule has 1 aliphatic carbocycles. The normalized spacial score (nSPS) is 27.2. The van der Waals surface area contributed by atoms with Crippen molar-refractivity contribution in [1.82, 2.24) is 15.5 Å². The van der Waals surface area contributed by atoms with E-state index in [0.29, 0.717) is 57.9 Å². The highest BCUT2D eigenvalue weighted by Crippen LogP contribution is 2.28. The van der Waals surface area contributed by atoms with Gasteiger partial charge in [0, 0.05) is 26.1 Å². The van der Waals surface area contributed by atoms with Crippen LogP contribution in [0.1, 0.15) is 57.8 Å². The van der Waals surface area contributed by atoms with Crippen LogP contribution in [0.3, 0.4) is 0 Å². The van der Waals surface area contributed by atoms with Crippen LogP contribution in [0.15, 0.2) is 30.3 Å². The zero-order valence-corrected chi connectivity index (χ0v) is 24.7. The first-order valence-electron chi connectivity index (χ1n) is 15.5. The van der Waals surface area contributed by atoms with Gasteiger partial charge in [0.15, 0.2) is 12.7 Å². The molecule has 0 spiro atoms. The topological polar surface area (TPSA) is 153 Å². The van der Waals surface area contributed by atoms with Gasteiger partial charge in [-0.2, -0.15) is 0 Å². The van der Waals surface area contributed by atoms with Crippen LogP contribution in [0.25, 0.3) is 0 Å². The Morgan fingerprint density at radius 1 is 1.02 bits per heavy atom. The molecule has 0 unspecified atom stereocenters. The molecule has 0 bridgehead atoms. The van der Waals surface area contributed by atoms with E-state index in [-0.39, 0.29) is 18.9 Å². The molecule has 43 heavy (non-hydrogen) atoms. The van der Waals surface area contributed by atoms with E-state index in [1.165, 1.54) is 0 Å². The van der Waals surface area contributed by atoms with E-state index < -0.39 is 54.7 Å². The summed E-state index contributed by atoms with van der Waals surface area (Å²) in [4.78, 5) is 54.2. The maximum absolute atomic E-state index is 13.5. The Balaban J connectivity index is 1.46. The van der Waals surface area contributed by atoms with Crippen LogP contribution in [0, 0.1) is 5.92 Å². The zero-order chi connectivity index (χ0) is 30.4. The molecule has 4 rings (SSSR count). The molecule has 2 aliphatic heterocycles. The van der Waals surface area contributed by atoms with Crippen molar-refractivity contribution in [2.24, 2.45) is 5.92 Å². The summed E-state index contributed by atoms with van der Waals surface area (Å²) in [5.41, 5.74) is 0. The van der Waals surface area contributed by atoms with E-state index in [4.69, 9.17) is 18.9 Å². The number of rotatable bonds is 8. The van der Waals surface area contributed by atoms with Gasteiger partial charge in [0.05, 0.1) is 19.3 Å². The fraction of sp³-hybridized carbons (Fsp3) is 0.677. The van der Waals surface area contributed by atoms with Crippen LogP contribution in [-0.4, -0.2) is 104 Å². The highest BCUT2D eigenvalue weighted by atomic mass is 16.6. The van der Waals surface area contributed by atoms with Gasteiger partial charge in [0.1, 0.15) is 24.5 Å². The third-order valence-electron chi connectivity index (χ3n) is 8.19. The van der Waals surface area contributed by atoms with Gasteiger partial charge in [0.2, 0.25) is 5.91 Å². The van der Waals surface area contributed by atoms with Crippen LogP contribution >= 0.6 is 0 Å². The lowest BCUT2D eigenvalue weighted by molar-refractivity contribution is -0.163. The fourth-order valence-corrected chi connectivity index (χ4v) is 5.80. The van der Waals surface area contributed by atoms with E-state index >= 15 is 0 Å². The summed E-state index contributed by atoms with van der Waals surface area (Å²) in [5.74, 6) is -1.89. The summed E-state index contributed by atoms with van der Waals surface area (Å²) < 4.78 is 22.1. The zero-order valence-electron chi connectivity index (χ0n) is 24.7. The molecular weight excluding hydrogens is 558 g/mol. The van der Waals surface area contributed by atoms with E-state index in [1.54, 1.807) is 24.3 Å². The third kappa shape index (κ3) is 11.1. The molecule has 2 heterocycles. The second-order valence-electron chi connectivity index (χ2n) is 11.6. The molecular formula is C31H45N3O9. The number of aliphatic hydroxyl groups excluding tert-OH is 1. The summed E-state index contributed by atoms with van der Waals surface area (Å²) in [7, 11) is 0. The van der Waals surface area contributed by atoms with E-state index in [0.717, 1.165) is 32.1 Å². The number of morpholine rings is 1. The van der Waals surface area contributed by atoms with Crippen molar-refractivity contribution >= 4 is 23.8 Å². The highest BCUT2D eigenvalue weighted by Gasteiger charge is 2.36. The molecule has 0 radical (unpaired) electrons. The first-order chi connectivity index (χ1) is 20.9. The van der Waals surface area contributed by atoms with Crippen molar-refractivity contribution < 1.29 is 43.2 Å². The number of ether oxygens (including phenoxy) is 4. The largest absolute Gasteiger partial charge is 0.484 e. The minimum absolute atomic E-state index is 0.0451. The van der Waals surface area contributed by atoms with E-state index in [1.807, 2.05) is 6.07 Å². The lowest BCUT2D eigenvalue weighted by atomic mass is 9.83. The van der Waals surface area contributed by atoms with Crippen molar-refractivity contribution in [2.45, 2.75) is 82.1 Å². The predicted octanol–water partition coefficient (Wildman–Crippen LogP) is 1.34. The van der Waals surface area contributed by atoms with Crippen molar-refractivity contribution in [3.05, 3.63) is 30.3 Å². The Bertz CT molecular complexity index is 1040. The SMILES string of the molecule is O=C(COc1ccccc1)N[C@H]1COC(=O)CCC[C@H](CN2CCOCC2)OC(=O)[C@H](O)[C@H](CC2CCCCC2)NC1=O. The highest BCUT2D eigenvalue weighted by molar-refractivity contribution is 5.89. The van der Waals surface area contributed by atoms with Crippen molar-refractivity contribution in [3.8, 4) is 5.75 Å². The quantitative estimate of drug-likeness (QED) is 0.371. The number of cyclic esters (lactones) is 2. The van der Waals surface area contributed by atoms with Gasteiger partial charge in [-0.15, -0.1) is 0 Å². The lowest BCUT2D eigenvalue weighted by Gasteiger charge is -2.33. The molecule has 3 N–H and O–H groups in total. The molecule has 1 aromatic rings. The summed E-state index contributed by atoms with van der Waals surface area (Å²) in [5, 5.41) is 16.6. The van der Waals surface area contributed by atoms with Crippen molar-refractivity contribution in [2.75, 3.05) is 46.1 Å². The van der Waals surface area contributed by atoms with Crippen LogP contribution in [0.2, 0.25) is 0 Å². The Hall–Kier alpha value is -3.22. The Morgan fingerprint density at radius 2 is 1.77 bits per heavy atom. The summed E-state index contributed by atoms with van der Waals surface area (Å²) in [6, 6.07) is 6.57. The molecule has 3 fully saturated rings. The fourth-order valence-electron chi connectivity index (χ4n) is 5.80. The Labute approximate surface area is 252 Å². The number of carbonyl (C=O) groups is 4. The summed E-state index contributed by atoms with van der Waals surface area (Å²) in [6.07, 6.45) is 4.17. The molecule has 2 amide bonds. The van der Waals surface area contributed by atoms with Gasteiger partial charge >= 0.3 is 11.9 Å². The molecule has 4 atom stereocenters. The second kappa shape index (κ2) is 17.2. The van der Waals surface area contributed by atoms with E-state index in [2.05, 4.69) is 15.5 Å². The maximum atomic E-state index is 13.5. The van der Waals surface area contributed by atoms with Crippen LogP contribution < -0.4 is 15.4 Å². The minimum atomic E-state index is -1.60. The van der Waals surface area contributed by atoms with E-state index in [9.17, 15) is 24.3 Å².